The van der Waals surface area contributed by atoms with E-state index in [9.17, 15) is 0 Å². The van der Waals surface area contributed by atoms with E-state index in [0.717, 1.165) is 49.8 Å². The van der Waals surface area contributed by atoms with Crippen LogP contribution in [0.5, 0.6) is 5.75 Å². The van der Waals surface area contributed by atoms with Gasteiger partial charge in [-0.2, -0.15) is 0 Å². The number of ether oxygens (including phenoxy) is 1. The molecular formula is C13H21N3O. The summed E-state index contributed by atoms with van der Waals surface area (Å²) in [5.41, 5.74) is 7.96. The Morgan fingerprint density at radius 3 is 2.53 bits per heavy atom. The number of rotatable bonds is 3. The molecule has 1 fully saturated rings. The molecule has 17 heavy (non-hydrogen) atoms. The Bertz CT molecular complexity index is 373. The molecule has 1 aliphatic rings. The Labute approximate surface area is 103 Å². The van der Waals surface area contributed by atoms with E-state index in [4.69, 9.17) is 10.5 Å². The summed E-state index contributed by atoms with van der Waals surface area (Å²) in [4.78, 5) is 4.79. The number of nitrogens with zero attached hydrogens (tertiary/aromatic N) is 2. The molecule has 0 atom stereocenters. The molecule has 0 bridgehead atoms. The number of methoxy groups -OCH3 is 1. The third-order valence-corrected chi connectivity index (χ3v) is 3.42. The van der Waals surface area contributed by atoms with Gasteiger partial charge in [-0.25, -0.2) is 0 Å². The molecule has 0 saturated carbocycles. The zero-order valence-corrected chi connectivity index (χ0v) is 10.6. The Morgan fingerprint density at radius 1 is 1.24 bits per heavy atom. The molecule has 0 aromatic heterocycles. The molecule has 2 rings (SSSR count). The molecule has 4 heteroatoms. The lowest BCUT2D eigenvalue weighted by Gasteiger charge is -2.36. The van der Waals surface area contributed by atoms with E-state index in [1.807, 2.05) is 12.1 Å². The van der Waals surface area contributed by atoms with Gasteiger partial charge in [-0.3, -0.25) is 0 Å². The van der Waals surface area contributed by atoms with Gasteiger partial charge < -0.3 is 20.3 Å². The van der Waals surface area contributed by atoms with Crippen molar-refractivity contribution in [1.29, 1.82) is 0 Å². The summed E-state index contributed by atoms with van der Waals surface area (Å²) in [5, 5.41) is 0. The number of piperazine rings is 1. The highest BCUT2D eigenvalue weighted by molar-refractivity contribution is 5.74. The lowest BCUT2D eigenvalue weighted by atomic mass is 10.2. The van der Waals surface area contributed by atoms with Gasteiger partial charge in [-0.1, -0.05) is 13.0 Å². The van der Waals surface area contributed by atoms with E-state index < -0.39 is 0 Å². The third-order valence-electron chi connectivity index (χ3n) is 3.42. The molecule has 0 unspecified atom stereocenters. The molecule has 4 nitrogen and oxygen atoms in total. The van der Waals surface area contributed by atoms with Gasteiger partial charge >= 0.3 is 0 Å². The number of nitrogen functional groups attached to an aromatic ring is 1. The summed E-state index contributed by atoms with van der Waals surface area (Å²) in [6, 6.07) is 5.97. The van der Waals surface area contributed by atoms with Crippen molar-refractivity contribution in [3.8, 4) is 5.75 Å². The van der Waals surface area contributed by atoms with Crippen molar-refractivity contribution in [2.75, 3.05) is 50.5 Å². The van der Waals surface area contributed by atoms with Gasteiger partial charge in [0.15, 0.2) is 0 Å². The smallest absolute Gasteiger partial charge is 0.143 e. The van der Waals surface area contributed by atoms with Crippen molar-refractivity contribution < 1.29 is 4.74 Å². The van der Waals surface area contributed by atoms with E-state index in [1.54, 1.807) is 7.11 Å². The molecule has 1 aromatic carbocycles. The number of likely N-dealkylation sites (N-methyl/N-ethyl adjacent to an activating group) is 1. The highest BCUT2D eigenvalue weighted by Crippen LogP contribution is 2.32. The van der Waals surface area contributed by atoms with Gasteiger partial charge in [0.05, 0.1) is 18.5 Å². The number of hydrogen-bond donors (Lipinski definition) is 1. The second-order valence-electron chi connectivity index (χ2n) is 4.31. The third kappa shape index (κ3) is 2.47. The highest BCUT2D eigenvalue weighted by atomic mass is 16.5. The van der Waals surface area contributed by atoms with Crippen molar-refractivity contribution in [3.05, 3.63) is 18.2 Å². The molecule has 0 radical (unpaired) electrons. The number of benzene rings is 1. The Hall–Kier alpha value is -1.42. The van der Waals surface area contributed by atoms with E-state index in [2.05, 4.69) is 22.8 Å². The van der Waals surface area contributed by atoms with Crippen LogP contribution in [0.25, 0.3) is 0 Å². The maximum absolute atomic E-state index is 6.11. The Morgan fingerprint density at radius 2 is 1.94 bits per heavy atom. The molecule has 0 spiro atoms. The van der Waals surface area contributed by atoms with E-state index in [0.29, 0.717) is 0 Å². The van der Waals surface area contributed by atoms with Gasteiger partial charge in [0.2, 0.25) is 0 Å². The van der Waals surface area contributed by atoms with Gasteiger partial charge in [0.1, 0.15) is 5.75 Å². The summed E-state index contributed by atoms with van der Waals surface area (Å²) in [6.45, 7) is 7.60. The summed E-state index contributed by atoms with van der Waals surface area (Å²) < 4.78 is 5.26. The normalized spacial score (nSPS) is 17.2. The van der Waals surface area contributed by atoms with Crippen LogP contribution in [-0.2, 0) is 0 Å². The first kappa shape index (κ1) is 12.0. The first-order valence-corrected chi connectivity index (χ1v) is 6.16. The Balaban J connectivity index is 2.13. The fourth-order valence-electron chi connectivity index (χ4n) is 2.29. The average Bonchev–Trinajstić information content (AvgIpc) is 2.39. The number of nitrogens with two attached hydrogens (primary N) is 1. The quantitative estimate of drug-likeness (QED) is 0.805. The number of para-hydroxylation sites is 1. The van der Waals surface area contributed by atoms with Crippen LogP contribution in [0, 0.1) is 0 Å². The van der Waals surface area contributed by atoms with Crippen molar-refractivity contribution in [2.24, 2.45) is 0 Å². The minimum atomic E-state index is 0.750. The first-order chi connectivity index (χ1) is 8.26. The minimum absolute atomic E-state index is 0.750. The SMILES string of the molecule is CCN1CCN(c2cccc(OC)c2N)CC1. The predicted octanol–water partition coefficient (Wildman–Crippen LogP) is 1.42. The van der Waals surface area contributed by atoms with Gasteiger partial charge in [-0.05, 0) is 18.7 Å². The van der Waals surface area contributed by atoms with Gasteiger partial charge in [0.25, 0.3) is 0 Å². The van der Waals surface area contributed by atoms with Crippen LogP contribution in [0.3, 0.4) is 0 Å². The summed E-state index contributed by atoms with van der Waals surface area (Å²) >= 11 is 0. The monoisotopic (exact) mass is 235 g/mol. The average molecular weight is 235 g/mol. The van der Waals surface area contributed by atoms with Crippen LogP contribution in [0.4, 0.5) is 11.4 Å². The molecule has 1 heterocycles. The standard InChI is InChI=1S/C13H21N3O/c1-3-15-7-9-16(10-8-15)11-5-4-6-12(17-2)13(11)14/h4-6H,3,7-10,14H2,1-2H3. The molecule has 0 aliphatic carbocycles. The zero-order valence-electron chi connectivity index (χ0n) is 10.6. The van der Waals surface area contributed by atoms with Gasteiger partial charge in [0, 0.05) is 26.2 Å². The summed E-state index contributed by atoms with van der Waals surface area (Å²) in [5.74, 6) is 0.764. The van der Waals surface area contributed by atoms with Crippen molar-refractivity contribution in [1.82, 2.24) is 4.90 Å². The molecule has 1 aromatic rings. The fraction of sp³-hybridized carbons (Fsp3) is 0.538. The predicted molar refractivity (Wildman–Crippen MR) is 71.7 cm³/mol. The zero-order chi connectivity index (χ0) is 12.3. The van der Waals surface area contributed by atoms with Crippen LogP contribution in [0.15, 0.2) is 18.2 Å². The lowest BCUT2D eigenvalue weighted by molar-refractivity contribution is 0.271. The highest BCUT2D eigenvalue weighted by Gasteiger charge is 2.18. The number of hydrogen-bond acceptors (Lipinski definition) is 4. The molecule has 94 valence electrons. The van der Waals surface area contributed by atoms with E-state index >= 15 is 0 Å². The molecule has 1 saturated heterocycles. The Kier molecular flexibility index (Phi) is 3.74. The number of anilines is 2. The maximum atomic E-state index is 6.11. The maximum Gasteiger partial charge on any atom is 0.143 e. The van der Waals surface area contributed by atoms with Crippen molar-refractivity contribution in [3.63, 3.8) is 0 Å². The second-order valence-corrected chi connectivity index (χ2v) is 4.31. The van der Waals surface area contributed by atoms with Crippen LogP contribution < -0.4 is 15.4 Å². The lowest BCUT2D eigenvalue weighted by Crippen LogP contribution is -2.46. The van der Waals surface area contributed by atoms with Crippen LogP contribution >= 0.6 is 0 Å². The summed E-state index contributed by atoms with van der Waals surface area (Å²) in [6.07, 6.45) is 0. The minimum Gasteiger partial charge on any atom is -0.495 e. The van der Waals surface area contributed by atoms with Crippen LogP contribution in [0.2, 0.25) is 0 Å². The second kappa shape index (κ2) is 5.27. The molecule has 0 amide bonds. The fourth-order valence-corrected chi connectivity index (χ4v) is 2.29. The van der Waals surface area contributed by atoms with E-state index in [-0.39, 0.29) is 0 Å². The largest absolute Gasteiger partial charge is 0.495 e. The first-order valence-electron chi connectivity index (χ1n) is 6.16. The van der Waals surface area contributed by atoms with Crippen LogP contribution in [-0.4, -0.2) is 44.7 Å². The van der Waals surface area contributed by atoms with Crippen LogP contribution in [0.1, 0.15) is 6.92 Å². The molecular weight excluding hydrogens is 214 g/mol. The summed E-state index contributed by atoms with van der Waals surface area (Å²) in [7, 11) is 1.66. The molecule has 1 aliphatic heterocycles. The van der Waals surface area contributed by atoms with Crippen molar-refractivity contribution in [2.45, 2.75) is 6.92 Å². The molecule has 2 N–H and O–H groups in total. The van der Waals surface area contributed by atoms with E-state index in [1.165, 1.54) is 0 Å². The van der Waals surface area contributed by atoms with Gasteiger partial charge in [-0.15, -0.1) is 0 Å². The topological polar surface area (TPSA) is 41.7 Å². The van der Waals surface area contributed by atoms with Crippen molar-refractivity contribution >= 4 is 11.4 Å².